The Morgan fingerprint density at radius 2 is 0.960 bits per heavy atom. The minimum absolute atomic E-state index is 0.273. The molecule has 25 heavy (non-hydrogen) atoms. The Labute approximate surface area is 164 Å². The summed E-state index contributed by atoms with van der Waals surface area (Å²) in [4.78, 5) is 0. The zero-order valence-corrected chi connectivity index (χ0v) is 21.1. The van der Waals surface area contributed by atoms with Crippen LogP contribution < -0.4 is 0 Å². The molecule has 0 aliphatic rings. The number of unbranched alkanes of at least 4 members (excludes halogenated alkanes) is 11. The second-order valence-electron chi connectivity index (χ2n) is 9.74. The van der Waals surface area contributed by atoms with Gasteiger partial charge in [-0.1, -0.05) is 111 Å². The summed E-state index contributed by atoms with van der Waals surface area (Å²) in [6.07, 6.45) is 20.4. The van der Waals surface area contributed by atoms with E-state index in [0.29, 0.717) is 0 Å². The normalized spacial score (nSPS) is 14.0. The van der Waals surface area contributed by atoms with Crippen LogP contribution in [0, 0.1) is 5.92 Å². The average Bonchev–Trinajstić information content (AvgIpc) is 2.52. The molecule has 0 rings (SSSR count). The van der Waals surface area contributed by atoms with Gasteiger partial charge in [-0.15, -0.1) is 0 Å². The predicted octanol–water partition coefficient (Wildman–Crippen LogP) is 7.85. The van der Waals surface area contributed by atoms with Crippen molar-refractivity contribution in [2.45, 2.75) is 136 Å². The molecule has 0 aromatic rings. The molecule has 0 bridgehead atoms. The fraction of sp³-hybridized carbons (Fsp3) is 1.00. The third kappa shape index (κ3) is 22.4. The highest BCUT2D eigenvalue weighted by Gasteiger charge is 2.15. The van der Waals surface area contributed by atoms with Gasteiger partial charge in [-0.05, 0) is 31.1 Å². The van der Waals surface area contributed by atoms with Gasteiger partial charge < -0.3 is 4.12 Å². The fourth-order valence-electron chi connectivity index (χ4n) is 3.29. The lowest BCUT2D eigenvalue weighted by atomic mass is 10.0. The summed E-state index contributed by atoms with van der Waals surface area (Å²) in [5, 5.41) is 0. The monoisotopic (exact) mass is 386 g/mol. The summed E-state index contributed by atoms with van der Waals surface area (Å²) >= 11 is 0. The summed E-state index contributed by atoms with van der Waals surface area (Å²) in [6.45, 7) is 14.0. The zero-order valence-electron chi connectivity index (χ0n) is 18.7. The van der Waals surface area contributed by atoms with E-state index in [1.807, 2.05) is 0 Å². The van der Waals surface area contributed by atoms with Crippen molar-refractivity contribution in [1.82, 2.24) is 0 Å². The predicted molar refractivity (Wildman–Crippen MR) is 122 cm³/mol. The standard InChI is InChI=1S/C22H50OSi2/c1-21(2)19-17-15-13-11-9-7-8-10-12-14-16-18-20-22(3)24-23-25(4,5)6/h21-22H,7-20,24H2,1-6H3. The van der Waals surface area contributed by atoms with Crippen molar-refractivity contribution in [3.8, 4) is 0 Å². The molecule has 0 spiro atoms. The van der Waals surface area contributed by atoms with Gasteiger partial charge in [0.2, 0.25) is 0 Å². The fourth-order valence-corrected chi connectivity index (χ4v) is 6.88. The molecular weight excluding hydrogens is 336 g/mol. The Balaban J connectivity index is 3.16. The van der Waals surface area contributed by atoms with E-state index in [1.54, 1.807) is 0 Å². The van der Waals surface area contributed by atoms with E-state index < -0.39 is 8.32 Å². The van der Waals surface area contributed by atoms with Crippen molar-refractivity contribution in [2.75, 3.05) is 0 Å². The Kier molecular flexibility index (Phi) is 16.8. The SMILES string of the molecule is CC(C)CCCCCCCCCCCCCCC(C)[SiH2]O[Si](C)(C)C. The molecule has 0 aliphatic heterocycles. The summed E-state index contributed by atoms with van der Waals surface area (Å²) in [5.74, 6) is 0.892. The minimum atomic E-state index is -1.25. The lowest BCUT2D eigenvalue weighted by Gasteiger charge is -2.20. The van der Waals surface area contributed by atoms with E-state index in [4.69, 9.17) is 4.12 Å². The molecule has 1 nitrogen and oxygen atoms in total. The first-order chi connectivity index (χ1) is 11.8. The van der Waals surface area contributed by atoms with E-state index in [2.05, 4.69) is 40.4 Å². The van der Waals surface area contributed by atoms with Gasteiger partial charge in [0.25, 0.3) is 0 Å². The molecule has 0 fully saturated rings. The maximum absolute atomic E-state index is 6.14. The van der Waals surface area contributed by atoms with Crippen LogP contribution in [0.4, 0.5) is 0 Å². The molecular formula is C22H50OSi2. The first-order valence-corrected chi connectivity index (χ1v) is 16.3. The van der Waals surface area contributed by atoms with Gasteiger partial charge >= 0.3 is 0 Å². The molecule has 0 heterocycles. The van der Waals surface area contributed by atoms with E-state index in [0.717, 1.165) is 11.5 Å². The number of rotatable bonds is 18. The van der Waals surface area contributed by atoms with Crippen molar-refractivity contribution in [3.05, 3.63) is 0 Å². The van der Waals surface area contributed by atoms with Gasteiger partial charge in [-0.3, -0.25) is 0 Å². The van der Waals surface area contributed by atoms with E-state index in [-0.39, 0.29) is 9.76 Å². The summed E-state index contributed by atoms with van der Waals surface area (Å²) in [6, 6.07) is 0. The van der Waals surface area contributed by atoms with Crippen LogP contribution in [0.25, 0.3) is 0 Å². The lowest BCUT2D eigenvalue weighted by molar-refractivity contribution is 0.501. The van der Waals surface area contributed by atoms with Gasteiger partial charge in [0, 0.05) is 0 Å². The minimum Gasteiger partial charge on any atom is -0.460 e. The second-order valence-corrected chi connectivity index (χ2v) is 16.8. The molecule has 0 radical (unpaired) electrons. The van der Waals surface area contributed by atoms with E-state index >= 15 is 0 Å². The quantitative estimate of drug-likeness (QED) is 0.172. The van der Waals surface area contributed by atoms with Crippen LogP contribution in [0.3, 0.4) is 0 Å². The maximum Gasteiger partial charge on any atom is 0.169 e. The third-order valence-corrected chi connectivity index (χ3v) is 10.1. The highest BCUT2D eigenvalue weighted by Crippen LogP contribution is 2.18. The van der Waals surface area contributed by atoms with Crippen LogP contribution >= 0.6 is 0 Å². The Bertz CT molecular complexity index is 274. The van der Waals surface area contributed by atoms with Crippen molar-refractivity contribution < 1.29 is 4.12 Å². The Hall–Kier alpha value is 0.394. The van der Waals surface area contributed by atoms with Crippen LogP contribution in [-0.4, -0.2) is 18.1 Å². The summed E-state index contributed by atoms with van der Waals surface area (Å²) < 4.78 is 6.14. The van der Waals surface area contributed by atoms with Crippen LogP contribution in [0.1, 0.15) is 111 Å². The zero-order chi connectivity index (χ0) is 19.0. The third-order valence-electron chi connectivity index (χ3n) is 5.03. The molecule has 1 atom stereocenters. The topological polar surface area (TPSA) is 9.23 Å². The highest BCUT2D eigenvalue weighted by atomic mass is 28.4. The van der Waals surface area contributed by atoms with E-state index in [9.17, 15) is 0 Å². The van der Waals surface area contributed by atoms with Crippen molar-refractivity contribution in [1.29, 1.82) is 0 Å². The van der Waals surface area contributed by atoms with Gasteiger partial charge in [0.1, 0.15) is 9.76 Å². The maximum atomic E-state index is 6.14. The molecule has 0 aromatic heterocycles. The van der Waals surface area contributed by atoms with Crippen LogP contribution in [0.5, 0.6) is 0 Å². The molecule has 0 saturated carbocycles. The molecule has 0 amide bonds. The van der Waals surface area contributed by atoms with Gasteiger partial charge in [-0.2, -0.15) is 0 Å². The van der Waals surface area contributed by atoms with Gasteiger partial charge in [-0.25, -0.2) is 0 Å². The van der Waals surface area contributed by atoms with E-state index in [1.165, 1.54) is 89.9 Å². The molecule has 0 aromatic carbocycles. The first-order valence-electron chi connectivity index (χ1n) is 11.4. The number of hydrogen-bond acceptors (Lipinski definition) is 1. The molecule has 3 heteroatoms. The molecule has 0 aliphatic carbocycles. The average molecular weight is 387 g/mol. The number of hydrogen-bond donors (Lipinski definition) is 0. The van der Waals surface area contributed by atoms with Crippen molar-refractivity contribution in [2.24, 2.45) is 5.92 Å². The van der Waals surface area contributed by atoms with Crippen LogP contribution in [0.15, 0.2) is 0 Å². The lowest BCUT2D eigenvalue weighted by Crippen LogP contribution is -2.28. The van der Waals surface area contributed by atoms with Crippen molar-refractivity contribution in [3.63, 3.8) is 0 Å². The molecule has 152 valence electrons. The van der Waals surface area contributed by atoms with Gasteiger partial charge in [0.15, 0.2) is 8.32 Å². The van der Waals surface area contributed by atoms with Gasteiger partial charge in [0.05, 0.1) is 0 Å². The second kappa shape index (κ2) is 16.6. The Morgan fingerprint density at radius 3 is 1.32 bits per heavy atom. The first kappa shape index (κ1) is 25.4. The van der Waals surface area contributed by atoms with Crippen LogP contribution in [0.2, 0.25) is 25.2 Å². The molecule has 0 saturated heterocycles. The molecule has 1 unspecified atom stereocenters. The highest BCUT2D eigenvalue weighted by molar-refractivity contribution is 6.74. The molecule has 0 N–H and O–H groups in total. The smallest absolute Gasteiger partial charge is 0.169 e. The Morgan fingerprint density at radius 1 is 0.600 bits per heavy atom. The summed E-state index contributed by atoms with van der Waals surface area (Å²) in [5.41, 5.74) is 0.882. The summed E-state index contributed by atoms with van der Waals surface area (Å²) in [7, 11) is -1.52. The van der Waals surface area contributed by atoms with Crippen LogP contribution in [-0.2, 0) is 4.12 Å². The largest absolute Gasteiger partial charge is 0.460 e. The van der Waals surface area contributed by atoms with Crippen molar-refractivity contribution >= 4 is 18.1 Å².